The molecule has 0 unspecified atom stereocenters. The van der Waals surface area contributed by atoms with Gasteiger partial charge in [0.05, 0.1) is 55.6 Å². The summed E-state index contributed by atoms with van der Waals surface area (Å²) >= 11 is 0. The van der Waals surface area contributed by atoms with Gasteiger partial charge in [0.25, 0.3) is 0 Å². The highest BCUT2D eigenvalue weighted by Crippen LogP contribution is 2.31. The molecule has 0 bridgehead atoms. The minimum absolute atomic E-state index is 0.931. The number of aromatic nitrogens is 2. The van der Waals surface area contributed by atoms with E-state index in [0.717, 1.165) is 46.6 Å². The van der Waals surface area contributed by atoms with Crippen LogP contribution in [0.25, 0.3) is 33.5 Å². The highest BCUT2D eigenvalue weighted by molar-refractivity contribution is 5.87. The summed E-state index contributed by atoms with van der Waals surface area (Å²) in [5, 5.41) is 0. The lowest BCUT2D eigenvalue weighted by Crippen LogP contribution is -3.12. The third-order valence-corrected chi connectivity index (χ3v) is 5.72. The molecule has 5 rings (SSSR count). The molecule has 1 aliphatic rings. The molecule has 1 aliphatic heterocycles. The molecule has 0 amide bonds. The largest absolute Gasteiger partial charge is 0.360 e. The van der Waals surface area contributed by atoms with Gasteiger partial charge in [-0.2, -0.15) is 0 Å². The van der Waals surface area contributed by atoms with E-state index < -0.39 is 0 Å². The molecule has 1 aromatic heterocycles. The van der Waals surface area contributed by atoms with Crippen molar-refractivity contribution in [2.45, 2.75) is 0 Å². The van der Waals surface area contributed by atoms with Crippen LogP contribution in [0.1, 0.15) is 0 Å². The Morgan fingerprint density at radius 3 is 1.83 bits per heavy atom. The molecule has 0 atom stereocenters. The maximum absolute atomic E-state index is 5.10. The quantitative estimate of drug-likeness (QED) is 0.591. The number of piperazine rings is 1. The fourth-order valence-electron chi connectivity index (χ4n) is 3.98. The average molecular weight is 382 g/mol. The molecule has 0 aliphatic carbocycles. The molecule has 0 saturated carbocycles. The van der Waals surface area contributed by atoms with Gasteiger partial charge in [-0.15, -0.1) is 0 Å². The van der Waals surface area contributed by atoms with Crippen molar-refractivity contribution in [1.29, 1.82) is 0 Å². The molecule has 4 nitrogen and oxygen atoms in total. The summed E-state index contributed by atoms with van der Waals surface area (Å²) in [6.07, 6.45) is 0. The Kier molecular flexibility index (Phi) is 4.70. The van der Waals surface area contributed by atoms with Gasteiger partial charge in [0, 0.05) is 16.8 Å². The predicted molar refractivity (Wildman–Crippen MR) is 119 cm³/mol. The maximum atomic E-state index is 5.10. The highest BCUT2D eigenvalue weighted by Gasteiger charge is 2.18. The minimum Gasteiger partial charge on any atom is -0.360 e. The summed E-state index contributed by atoms with van der Waals surface area (Å²) in [7, 11) is 2.26. The molecule has 29 heavy (non-hydrogen) atoms. The number of hydrogen-bond acceptors (Lipinski definition) is 3. The van der Waals surface area contributed by atoms with Crippen LogP contribution in [0.5, 0.6) is 0 Å². The maximum Gasteiger partial charge on any atom is 0.0973 e. The number of benzene rings is 3. The van der Waals surface area contributed by atoms with Crippen molar-refractivity contribution in [2.24, 2.45) is 0 Å². The normalized spacial score (nSPS) is 15.0. The van der Waals surface area contributed by atoms with Crippen LogP contribution < -0.4 is 9.80 Å². The first-order valence-electron chi connectivity index (χ1n) is 10.3. The lowest BCUT2D eigenvalue weighted by Gasteiger charge is -2.31. The SMILES string of the molecule is C[NH+]1CCN(c2ccc3nc(-c4ccccc4)c(-c4ccccc4)nc3c2)CC1. The molecular weight excluding hydrogens is 356 g/mol. The van der Waals surface area contributed by atoms with Crippen molar-refractivity contribution < 1.29 is 4.90 Å². The zero-order valence-electron chi connectivity index (χ0n) is 16.7. The Labute approximate surface area is 171 Å². The third-order valence-electron chi connectivity index (χ3n) is 5.72. The first-order valence-corrected chi connectivity index (χ1v) is 10.3. The van der Waals surface area contributed by atoms with Crippen LogP contribution in [0, 0.1) is 0 Å². The number of quaternary nitrogens is 1. The van der Waals surface area contributed by atoms with Crippen LogP contribution in [-0.2, 0) is 0 Å². The smallest absolute Gasteiger partial charge is 0.0973 e. The first kappa shape index (κ1) is 17.8. The van der Waals surface area contributed by atoms with Crippen molar-refractivity contribution >= 4 is 16.7 Å². The highest BCUT2D eigenvalue weighted by atomic mass is 15.2. The Morgan fingerprint density at radius 2 is 1.24 bits per heavy atom. The Morgan fingerprint density at radius 1 is 0.690 bits per heavy atom. The lowest BCUT2D eigenvalue weighted by atomic mass is 10.0. The van der Waals surface area contributed by atoms with Gasteiger partial charge in [0.2, 0.25) is 0 Å². The lowest BCUT2D eigenvalue weighted by molar-refractivity contribution is -0.880. The number of likely N-dealkylation sites (N-methyl/N-ethyl adjacent to an activating group) is 1. The molecule has 1 fully saturated rings. The minimum atomic E-state index is 0.931. The average Bonchev–Trinajstić information content (AvgIpc) is 2.79. The zero-order chi connectivity index (χ0) is 19.6. The molecule has 1 saturated heterocycles. The van der Waals surface area contributed by atoms with E-state index in [0.29, 0.717) is 0 Å². The van der Waals surface area contributed by atoms with E-state index in [1.807, 2.05) is 12.1 Å². The third kappa shape index (κ3) is 3.59. The van der Waals surface area contributed by atoms with Crippen molar-refractivity contribution in [3.63, 3.8) is 0 Å². The van der Waals surface area contributed by atoms with Gasteiger partial charge >= 0.3 is 0 Å². The van der Waals surface area contributed by atoms with E-state index in [1.54, 1.807) is 4.90 Å². The number of anilines is 1. The van der Waals surface area contributed by atoms with Gasteiger partial charge in [-0.1, -0.05) is 60.7 Å². The van der Waals surface area contributed by atoms with E-state index in [9.17, 15) is 0 Å². The summed E-state index contributed by atoms with van der Waals surface area (Å²) in [6, 6.07) is 27.2. The van der Waals surface area contributed by atoms with Crippen LogP contribution in [0.15, 0.2) is 78.9 Å². The molecule has 1 N–H and O–H groups in total. The topological polar surface area (TPSA) is 33.5 Å². The molecule has 4 heteroatoms. The molecule has 3 aromatic carbocycles. The fraction of sp³-hybridized carbons (Fsp3) is 0.200. The second kappa shape index (κ2) is 7.64. The monoisotopic (exact) mass is 381 g/mol. The number of fused-ring (bicyclic) bond motifs is 1. The van der Waals surface area contributed by atoms with E-state index >= 15 is 0 Å². The van der Waals surface area contributed by atoms with Crippen LogP contribution in [0.3, 0.4) is 0 Å². The van der Waals surface area contributed by atoms with Gasteiger partial charge in [0.1, 0.15) is 0 Å². The van der Waals surface area contributed by atoms with Crippen molar-refractivity contribution in [3.8, 4) is 22.5 Å². The second-order valence-electron chi connectivity index (χ2n) is 7.77. The second-order valence-corrected chi connectivity index (χ2v) is 7.77. The van der Waals surface area contributed by atoms with Crippen LogP contribution in [0.4, 0.5) is 5.69 Å². The summed E-state index contributed by atoms with van der Waals surface area (Å²) in [6.45, 7) is 4.51. The van der Waals surface area contributed by atoms with Gasteiger partial charge in [-0.05, 0) is 18.2 Å². The van der Waals surface area contributed by atoms with Crippen LogP contribution in [-0.4, -0.2) is 43.2 Å². The molecule has 0 radical (unpaired) electrons. The number of nitrogens with one attached hydrogen (secondary N) is 1. The molecule has 2 heterocycles. The summed E-state index contributed by atoms with van der Waals surface area (Å²) in [4.78, 5) is 14.2. The van der Waals surface area contributed by atoms with E-state index in [1.165, 1.54) is 18.8 Å². The van der Waals surface area contributed by atoms with Gasteiger partial charge in [0.15, 0.2) is 0 Å². The molecular formula is C25H25N4+. The van der Waals surface area contributed by atoms with Gasteiger partial charge in [-0.3, -0.25) is 0 Å². The van der Waals surface area contributed by atoms with Gasteiger partial charge in [-0.25, -0.2) is 9.97 Å². The summed E-state index contributed by atoms with van der Waals surface area (Å²) < 4.78 is 0. The van der Waals surface area contributed by atoms with Crippen molar-refractivity contribution in [2.75, 3.05) is 38.1 Å². The van der Waals surface area contributed by atoms with E-state index in [-0.39, 0.29) is 0 Å². The van der Waals surface area contributed by atoms with Crippen LogP contribution >= 0.6 is 0 Å². The Bertz CT molecular complexity index is 1120. The summed E-state index contributed by atoms with van der Waals surface area (Å²) in [5.74, 6) is 0. The number of hydrogen-bond donors (Lipinski definition) is 1. The molecule has 0 spiro atoms. The van der Waals surface area contributed by atoms with Crippen molar-refractivity contribution in [3.05, 3.63) is 78.9 Å². The zero-order valence-corrected chi connectivity index (χ0v) is 16.7. The van der Waals surface area contributed by atoms with Gasteiger partial charge < -0.3 is 9.80 Å². The molecule has 4 aromatic rings. The molecule has 144 valence electrons. The summed E-state index contributed by atoms with van der Waals surface area (Å²) in [5.41, 5.74) is 7.18. The Hall–Kier alpha value is -3.24. The number of rotatable bonds is 3. The Balaban J connectivity index is 1.64. The van der Waals surface area contributed by atoms with E-state index in [4.69, 9.17) is 9.97 Å². The van der Waals surface area contributed by atoms with Crippen LogP contribution in [0.2, 0.25) is 0 Å². The first-order chi connectivity index (χ1) is 14.3. The number of nitrogens with zero attached hydrogens (tertiary/aromatic N) is 3. The fourth-order valence-corrected chi connectivity index (χ4v) is 3.98. The van der Waals surface area contributed by atoms with E-state index in [2.05, 4.69) is 78.7 Å². The van der Waals surface area contributed by atoms with Crippen molar-refractivity contribution in [1.82, 2.24) is 9.97 Å². The standard InChI is InChI=1S/C25H24N4/c1-28-14-16-29(17-15-28)21-12-13-22-23(18-21)27-25(20-10-6-3-7-11-20)24(26-22)19-8-4-2-5-9-19/h2-13,18H,14-17H2,1H3/p+1. The predicted octanol–water partition coefficient (Wildman–Crippen LogP) is 3.30.